The number of carboxylic acid groups (broad SMARTS) is 1. The summed E-state index contributed by atoms with van der Waals surface area (Å²) < 4.78 is 11.5. The maximum absolute atomic E-state index is 13.7. The number of aliphatic carboxylic acids is 1. The molecule has 0 saturated carbocycles. The van der Waals surface area contributed by atoms with Crippen LogP contribution in [0.1, 0.15) is 40.5 Å². The van der Waals surface area contributed by atoms with E-state index in [1.54, 1.807) is 18.3 Å². The van der Waals surface area contributed by atoms with Gasteiger partial charge in [0.2, 0.25) is 5.79 Å². The van der Waals surface area contributed by atoms with Crippen LogP contribution in [0.25, 0.3) is 6.08 Å². The highest BCUT2D eigenvalue weighted by Crippen LogP contribution is 2.55. The van der Waals surface area contributed by atoms with Crippen LogP contribution in [0.3, 0.4) is 0 Å². The summed E-state index contributed by atoms with van der Waals surface area (Å²) in [6.45, 7) is -0.768. The number of H-pyrrole nitrogens is 1. The van der Waals surface area contributed by atoms with Crippen molar-refractivity contribution in [2.45, 2.75) is 61.6 Å². The van der Waals surface area contributed by atoms with Crippen LogP contribution in [-0.2, 0) is 27.2 Å². The molecule has 6 rings (SSSR count). The molecule has 1 amide bonds. The van der Waals surface area contributed by atoms with Crippen LogP contribution in [0.5, 0.6) is 17.2 Å². The molecule has 0 bridgehead atoms. The first-order valence-corrected chi connectivity index (χ1v) is 14.1. The number of aromatic nitrogens is 2. The standard InChI is InChI=1S/C30H31N3O12/c34-11-21-25(39)26(40)28(41)30(44-21)9-20(37)23-24-15(8-19(36)27(23)45-30)7-17(29(42)43)33(24)22(38)4-2-13-1-3-18(35)14(5-13)6-16-10-31-12-32-16/h1-5,8,10,12,17,20-21,25-26,28,34-37,39-41H,6-7,9,11H2,(H,31,32)(H,42,43)/b4-2+/t17-,20+,21-,25-,26+,28-,30+/m1/s1. The number of aliphatic hydroxyl groups excluding tert-OH is 5. The molecule has 4 heterocycles. The van der Waals surface area contributed by atoms with Crippen LogP contribution < -0.4 is 9.64 Å². The Labute approximate surface area is 254 Å². The Kier molecular flexibility index (Phi) is 7.76. The van der Waals surface area contributed by atoms with Crippen molar-refractivity contribution in [1.82, 2.24) is 9.97 Å². The van der Waals surface area contributed by atoms with Crippen molar-refractivity contribution in [3.63, 3.8) is 0 Å². The summed E-state index contributed by atoms with van der Waals surface area (Å²) in [5, 5.41) is 83.6. The summed E-state index contributed by atoms with van der Waals surface area (Å²) in [5.74, 6) is -5.27. The number of imidazole rings is 1. The normalized spacial score (nSPS) is 29.0. The number of hydrogen-bond donors (Lipinski definition) is 9. The van der Waals surface area contributed by atoms with Gasteiger partial charge in [-0.15, -0.1) is 0 Å². The number of hydrogen-bond acceptors (Lipinski definition) is 12. The highest BCUT2D eigenvalue weighted by Gasteiger charge is 2.59. The Balaban J connectivity index is 1.35. The number of aliphatic hydroxyl groups is 5. The van der Waals surface area contributed by atoms with Crippen LogP contribution in [0.4, 0.5) is 5.69 Å². The fourth-order valence-corrected chi connectivity index (χ4v) is 6.22. The van der Waals surface area contributed by atoms with E-state index in [9.17, 15) is 50.4 Å². The number of carbonyl (C=O) groups is 2. The molecule has 9 N–H and O–H groups in total. The third-order valence-corrected chi connectivity index (χ3v) is 8.42. The van der Waals surface area contributed by atoms with Gasteiger partial charge in [0.15, 0.2) is 11.5 Å². The zero-order valence-corrected chi connectivity index (χ0v) is 23.5. The van der Waals surface area contributed by atoms with Gasteiger partial charge in [-0.05, 0) is 35.4 Å². The fraction of sp³-hybridized carbons (Fsp3) is 0.367. The van der Waals surface area contributed by atoms with Crippen LogP contribution in [-0.4, -0.2) is 106 Å². The number of phenolic OH excluding ortho intramolecular Hbond substituents is 2. The number of carbonyl (C=O) groups excluding carboxylic acids is 1. The summed E-state index contributed by atoms with van der Waals surface area (Å²) in [6, 6.07) is 4.46. The molecule has 238 valence electrons. The number of ether oxygens (including phenoxy) is 2. The molecule has 3 aliphatic heterocycles. The van der Waals surface area contributed by atoms with E-state index in [1.807, 2.05) is 0 Å². The average molecular weight is 626 g/mol. The number of rotatable bonds is 6. The summed E-state index contributed by atoms with van der Waals surface area (Å²) >= 11 is 0. The second-order valence-corrected chi connectivity index (χ2v) is 11.3. The second-order valence-electron chi connectivity index (χ2n) is 11.3. The lowest BCUT2D eigenvalue weighted by atomic mass is 9.84. The topological polar surface area (TPSA) is 246 Å². The first-order valence-electron chi connectivity index (χ1n) is 14.1. The van der Waals surface area contributed by atoms with Crippen molar-refractivity contribution in [3.8, 4) is 17.2 Å². The number of nitrogens with zero attached hydrogens (tertiary/aromatic N) is 2. The molecule has 1 spiro atoms. The quantitative estimate of drug-likeness (QED) is 0.156. The Hall–Kier alpha value is -4.51. The monoisotopic (exact) mass is 625 g/mol. The van der Waals surface area contributed by atoms with Crippen LogP contribution in [0.2, 0.25) is 0 Å². The van der Waals surface area contributed by atoms with Gasteiger partial charge in [0, 0.05) is 42.8 Å². The van der Waals surface area contributed by atoms with E-state index in [4.69, 9.17) is 9.47 Å². The summed E-state index contributed by atoms with van der Waals surface area (Å²) in [4.78, 5) is 33.8. The minimum Gasteiger partial charge on any atom is -0.508 e. The number of anilines is 1. The molecule has 1 saturated heterocycles. The van der Waals surface area contributed by atoms with Crippen molar-refractivity contribution < 1.29 is 59.9 Å². The largest absolute Gasteiger partial charge is 0.508 e. The number of carboxylic acids is 1. The Morgan fingerprint density at radius 2 is 1.89 bits per heavy atom. The molecule has 2 aromatic carbocycles. The highest BCUT2D eigenvalue weighted by atomic mass is 16.7. The molecular weight excluding hydrogens is 594 g/mol. The lowest BCUT2D eigenvalue weighted by molar-refractivity contribution is -0.349. The molecule has 1 fully saturated rings. The van der Waals surface area contributed by atoms with E-state index in [2.05, 4.69) is 9.97 Å². The van der Waals surface area contributed by atoms with Crippen molar-refractivity contribution >= 4 is 23.6 Å². The molecule has 3 aromatic rings. The van der Waals surface area contributed by atoms with Gasteiger partial charge in [-0.1, -0.05) is 6.07 Å². The van der Waals surface area contributed by atoms with Gasteiger partial charge in [0.05, 0.1) is 30.3 Å². The number of aromatic hydroxyl groups is 2. The Morgan fingerprint density at radius 3 is 2.58 bits per heavy atom. The van der Waals surface area contributed by atoms with Crippen LogP contribution in [0.15, 0.2) is 42.9 Å². The van der Waals surface area contributed by atoms with E-state index >= 15 is 0 Å². The molecule has 45 heavy (non-hydrogen) atoms. The van der Waals surface area contributed by atoms with Gasteiger partial charge in [-0.2, -0.15) is 0 Å². The fourth-order valence-electron chi connectivity index (χ4n) is 6.22. The minimum absolute atomic E-state index is 0.0116. The predicted molar refractivity (Wildman–Crippen MR) is 152 cm³/mol. The summed E-state index contributed by atoms with van der Waals surface area (Å²) in [7, 11) is 0. The van der Waals surface area contributed by atoms with E-state index in [-0.39, 0.29) is 29.0 Å². The average Bonchev–Trinajstić information content (AvgIpc) is 3.66. The first-order chi connectivity index (χ1) is 21.4. The zero-order chi connectivity index (χ0) is 32.2. The minimum atomic E-state index is -2.21. The number of nitrogens with one attached hydrogen (secondary N) is 1. The second kappa shape index (κ2) is 11.4. The molecule has 3 aliphatic rings. The molecule has 15 nitrogen and oxygen atoms in total. The third-order valence-electron chi connectivity index (χ3n) is 8.42. The number of fused-ring (bicyclic) bond motifs is 3. The van der Waals surface area contributed by atoms with Crippen LogP contribution >= 0.6 is 0 Å². The maximum Gasteiger partial charge on any atom is 0.327 e. The molecule has 0 aliphatic carbocycles. The van der Waals surface area contributed by atoms with Crippen molar-refractivity contribution in [2.24, 2.45) is 0 Å². The van der Waals surface area contributed by atoms with E-state index in [1.165, 1.54) is 24.5 Å². The molecular formula is C30H31N3O12. The molecule has 7 atom stereocenters. The highest BCUT2D eigenvalue weighted by molar-refractivity contribution is 6.10. The van der Waals surface area contributed by atoms with Gasteiger partial charge < -0.3 is 55.3 Å². The third kappa shape index (κ3) is 5.18. The SMILES string of the molecule is O=C(O)[C@H]1Cc2cc(O)c3c(c2N1C(=O)/C=C/c1ccc(O)c(Cc2cnc[nH]2)c1)[C@@H](O)C[C@@]1(O3)O[C@H](CO)[C@@H](O)[C@H](O)[C@H]1O. The zero-order valence-electron chi connectivity index (χ0n) is 23.5. The summed E-state index contributed by atoms with van der Waals surface area (Å²) in [6.07, 6.45) is -3.22. The first kappa shape index (κ1) is 30.5. The Morgan fingerprint density at radius 1 is 1.11 bits per heavy atom. The van der Waals surface area contributed by atoms with Gasteiger partial charge in [0.25, 0.3) is 5.91 Å². The smallest absolute Gasteiger partial charge is 0.327 e. The number of phenols is 2. The summed E-state index contributed by atoms with van der Waals surface area (Å²) in [5.41, 5.74) is 1.92. The van der Waals surface area contributed by atoms with Gasteiger partial charge >= 0.3 is 5.97 Å². The molecule has 0 radical (unpaired) electrons. The van der Waals surface area contributed by atoms with E-state index < -0.39 is 78.8 Å². The number of amides is 1. The van der Waals surface area contributed by atoms with Crippen molar-refractivity contribution in [1.29, 1.82) is 0 Å². The van der Waals surface area contributed by atoms with Crippen molar-refractivity contribution in [3.05, 3.63) is 70.8 Å². The van der Waals surface area contributed by atoms with Crippen molar-refractivity contribution in [2.75, 3.05) is 11.5 Å². The molecule has 1 aromatic heterocycles. The number of benzene rings is 2. The van der Waals surface area contributed by atoms with Crippen LogP contribution in [0, 0.1) is 0 Å². The van der Waals surface area contributed by atoms with Gasteiger partial charge in [-0.25, -0.2) is 9.78 Å². The lowest BCUT2D eigenvalue weighted by Gasteiger charge is -2.50. The van der Waals surface area contributed by atoms with Gasteiger partial charge in [-0.3, -0.25) is 9.69 Å². The Bertz CT molecular complexity index is 1660. The van der Waals surface area contributed by atoms with Gasteiger partial charge in [0.1, 0.15) is 36.2 Å². The molecule has 0 unspecified atom stereocenters. The number of aromatic amines is 1. The van der Waals surface area contributed by atoms with E-state index in [0.29, 0.717) is 17.5 Å². The van der Waals surface area contributed by atoms with E-state index in [0.717, 1.165) is 16.7 Å². The maximum atomic E-state index is 13.7. The lowest BCUT2D eigenvalue weighted by Crippen LogP contribution is -2.68. The predicted octanol–water partition coefficient (Wildman–Crippen LogP) is -0.547. The molecule has 15 heteroatoms.